The second-order valence-electron chi connectivity index (χ2n) is 10.6. The van der Waals surface area contributed by atoms with E-state index < -0.39 is 109 Å². The van der Waals surface area contributed by atoms with Gasteiger partial charge in [-0.15, -0.1) is 0 Å². The molecule has 4 rings (SSSR count). The van der Waals surface area contributed by atoms with Gasteiger partial charge in [0.15, 0.2) is 0 Å². The third kappa shape index (κ3) is 7.19. The molecule has 12 nitrogen and oxygen atoms in total. The smallest absolute Gasteiger partial charge is 0.411 e. The van der Waals surface area contributed by atoms with Crippen molar-refractivity contribution in [3.63, 3.8) is 0 Å². The molecule has 0 aromatic heterocycles. The number of carbonyl (C=O) groups excluding carboxylic acids is 2. The van der Waals surface area contributed by atoms with Gasteiger partial charge in [0.05, 0.1) is 22.3 Å². The van der Waals surface area contributed by atoms with Gasteiger partial charge in [-0.05, 0) is 71.8 Å². The third-order valence-electron chi connectivity index (χ3n) is 7.44. The molecule has 0 saturated heterocycles. The van der Waals surface area contributed by atoms with E-state index in [9.17, 15) is 75.5 Å². The van der Waals surface area contributed by atoms with Crippen LogP contribution >= 0.6 is 0 Å². The first-order valence-corrected chi connectivity index (χ1v) is 13.9. The summed E-state index contributed by atoms with van der Waals surface area (Å²) in [5.74, 6) is -9.17. The Balaban J connectivity index is 1.77. The first-order chi connectivity index (χ1) is 23.7. The quantitative estimate of drug-likeness (QED) is 0.0996. The molecule has 0 fully saturated rings. The minimum atomic E-state index is -6.12. The topological polar surface area (TPSA) is 207 Å². The summed E-state index contributed by atoms with van der Waals surface area (Å²) in [6.07, 6.45) is -12.2. The highest BCUT2D eigenvalue weighted by atomic mass is 19.4. The third-order valence-corrected chi connectivity index (χ3v) is 7.44. The van der Waals surface area contributed by atoms with Gasteiger partial charge in [-0.3, -0.25) is 9.59 Å². The molecular formula is C33H20F6N2O10. The van der Waals surface area contributed by atoms with E-state index in [4.69, 9.17) is 0 Å². The molecule has 2 amide bonds. The molecule has 0 atom stereocenters. The zero-order valence-corrected chi connectivity index (χ0v) is 25.1. The van der Waals surface area contributed by atoms with Crippen molar-refractivity contribution in [3.8, 4) is 0 Å². The van der Waals surface area contributed by atoms with E-state index in [1.165, 1.54) is 0 Å². The summed E-state index contributed by atoms with van der Waals surface area (Å²) in [5, 5.41) is 41.1. The van der Waals surface area contributed by atoms with E-state index in [-0.39, 0.29) is 0 Å². The van der Waals surface area contributed by atoms with Gasteiger partial charge in [0, 0.05) is 22.5 Å². The molecule has 0 saturated carbocycles. The number of nitrogens with one attached hydrogen (secondary N) is 2. The Morgan fingerprint density at radius 1 is 0.451 bits per heavy atom. The van der Waals surface area contributed by atoms with Gasteiger partial charge in [0.1, 0.15) is 0 Å². The minimum absolute atomic E-state index is 0.380. The largest absolute Gasteiger partial charge is 0.478 e. The Hall–Kier alpha value is -6.72. The molecule has 4 aromatic rings. The predicted molar refractivity (Wildman–Crippen MR) is 162 cm³/mol. The van der Waals surface area contributed by atoms with Crippen LogP contribution in [0.4, 0.5) is 37.7 Å². The highest BCUT2D eigenvalue weighted by Gasteiger charge is 2.72. The van der Waals surface area contributed by atoms with Crippen LogP contribution in [0.5, 0.6) is 0 Å². The van der Waals surface area contributed by atoms with Crippen molar-refractivity contribution >= 4 is 47.1 Å². The number of carbonyl (C=O) groups is 6. The molecule has 0 aliphatic carbocycles. The number of rotatable bonds is 10. The molecule has 6 N–H and O–H groups in total. The lowest BCUT2D eigenvalue weighted by atomic mass is 9.72. The fourth-order valence-corrected chi connectivity index (χ4v) is 5.15. The Morgan fingerprint density at radius 2 is 0.784 bits per heavy atom. The lowest BCUT2D eigenvalue weighted by molar-refractivity contribution is -0.288. The highest BCUT2D eigenvalue weighted by molar-refractivity contribution is 6.09. The minimum Gasteiger partial charge on any atom is -0.478 e. The molecule has 0 bridgehead atoms. The van der Waals surface area contributed by atoms with Gasteiger partial charge in [0.2, 0.25) is 5.41 Å². The zero-order chi connectivity index (χ0) is 38.1. The number of hydrogen-bond acceptors (Lipinski definition) is 6. The number of carboxylic acids is 4. The summed E-state index contributed by atoms with van der Waals surface area (Å²) >= 11 is 0. The second-order valence-corrected chi connectivity index (χ2v) is 10.6. The van der Waals surface area contributed by atoms with Crippen LogP contribution in [0.15, 0.2) is 84.9 Å². The number of anilines is 2. The van der Waals surface area contributed by atoms with Crippen LogP contribution in [0.2, 0.25) is 0 Å². The molecule has 0 spiro atoms. The Bertz CT molecular complexity index is 1960. The monoisotopic (exact) mass is 718 g/mol. The lowest BCUT2D eigenvalue weighted by Crippen LogP contribution is -2.54. The van der Waals surface area contributed by atoms with Crippen molar-refractivity contribution < 1.29 is 75.5 Å². The SMILES string of the molecule is O=C(Nc1cccc(C(c2cccc(NC(=O)c3ccc(C(=O)O)c(C(=O)O)c3)c2)(C(F)(F)F)C(F)(F)F)c1)c1ccc(C(=O)O)c(C(=O)O)c1. The summed E-state index contributed by atoms with van der Waals surface area (Å²) in [5.41, 5.74) is -12.9. The van der Waals surface area contributed by atoms with Gasteiger partial charge >= 0.3 is 36.2 Å². The van der Waals surface area contributed by atoms with Crippen molar-refractivity contribution in [2.24, 2.45) is 0 Å². The molecule has 18 heteroatoms. The van der Waals surface area contributed by atoms with Crippen molar-refractivity contribution in [1.29, 1.82) is 0 Å². The molecule has 0 aliphatic heterocycles. The Morgan fingerprint density at radius 3 is 1.08 bits per heavy atom. The fraction of sp³-hybridized carbons (Fsp3) is 0.0909. The summed E-state index contributed by atoms with van der Waals surface area (Å²) in [4.78, 5) is 71.3. The maximum atomic E-state index is 14.9. The lowest BCUT2D eigenvalue weighted by Gasteiger charge is -2.38. The van der Waals surface area contributed by atoms with E-state index in [2.05, 4.69) is 10.6 Å². The first-order valence-electron chi connectivity index (χ1n) is 13.9. The number of halogens is 6. The first kappa shape index (κ1) is 37.1. The number of amides is 2. The number of benzene rings is 4. The molecule has 0 aliphatic rings. The summed E-state index contributed by atoms with van der Waals surface area (Å²) in [6, 6.07) is 9.81. The van der Waals surface area contributed by atoms with Crippen molar-refractivity contribution in [2.75, 3.05) is 10.6 Å². The van der Waals surface area contributed by atoms with E-state index in [0.29, 0.717) is 36.4 Å². The van der Waals surface area contributed by atoms with E-state index in [0.717, 1.165) is 48.5 Å². The normalized spacial score (nSPS) is 11.7. The van der Waals surface area contributed by atoms with Crippen LogP contribution < -0.4 is 10.6 Å². The van der Waals surface area contributed by atoms with Crippen LogP contribution in [0.25, 0.3) is 0 Å². The van der Waals surface area contributed by atoms with Crippen molar-refractivity contribution in [3.05, 3.63) is 129 Å². The molecule has 264 valence electrons. The molecule has 0 unspecified atom stereocenters. The number of carboxylic acid groups (broad SMARTS) is 4. The average Bonchev–Trinajstić information content (AvgIpc) is 3.03. The van der Waals surface area contributed by atoms with E-state index in [1.54, 1.807) is 0 Å². The van der Waals surface area contributed by atoms with Gasteiger partial charge in [-0.25, -0.2) is 19.2 Å². The van der Waals surface area contributed by atoms with Crippen LogP contribution in [-0.2, 0) is 5.41 Å². The average molecular weight is 719 g/mol. The molecular weight excluding hydrogens is 698 g/mol. The van der Waals surface area contributed by atoms with Crippen molar-refractivity contribution in [2.45, 2.75) is 17.8 Å². The maximum absolute atomic E-state index is 14.9. The summed E-state index contributed by atoms with van der Waals surface area (Å²) in [6.45, 7) is 0. The molecule has 51 heavy (non-hydrogen) atoms. The number of alkyl halides is 6. The van der Waals surface area contributed by atoms with Crippen LogP contribution in [0.1, 0.15) is 73.3 Å². The fourth-order valence-electron chi connectivity index (χ4n) is 5.15. The molecule has 0 radical (unpaired) electrons. The van der Waals surface area contributed by atoms with Gasteiger partial charge < -0.3 is 31.1 Å². The predicted octanol–water partition coefficient (Wildman–Crippen LogP) is 6.39. The molecule has 4 aromatic carbocycles. The summed E-state index contributed by atoms with van der Waals surface area (Å²) in [7, 11) is 0. The van der Waals surface area contributed by atoms with Crippen LogP contribution in [0, 0.1) is 0 Å². The van der Waals surface area contributed by atoms with Gasteiger partial charge in [-0.2, -0.15) is 26.3 Å². The second kappa shape index (κ2) is 13.7. The van der Waals surface area contributed by atoms with Gasteiger partial charge in [0.25, 0.3) is 11.8 Å². The number of hydrogen-bond donors (Lipinski definition) is 6. The van der Waals surface area contributed by atoms with E-state index in [1.807, 2.05) is 0 Å². The summed E-state index contributed by atoms with van der Waals surface area (Å²) < 4.78 is 89.4. The number of aromatic carboxylic acids is 4. The molecule has 0 heterocycles. The maximum Gasteiger partial charge on any atom is 0.411 e. The van der Waals surface area contributed by atoms with Gasteiger partial charge in [-0.1, -0.05) is 24.3 Å². The standard InChI is InChI=1S/C33H20F6N2O10/c34-32(35,36)31(33(37,38)39,17-3-1-5-19(13-17)40-25(42)15-7-9-21(27(44)45)23(11-15)29(48)49)18-4-2-6-20(14-18)41-26(43)16-8-10-22(28(46)47)24(12-16)30(50)51/h1-14H,(H,40,42)(H,41,43)(H,44,45)(H,46,47)(H,48,49)(H,50,51). The Kier molecular flexibility index (Phi) is 9.93. The van der Waals surface area contributed by atoms with Crippen LogP contribution in [-0.4, -0.2) is 68.5 Å². The Labute approximate surface area is 280 Å². The van der Waals surface area contributed by atoms with Crippen LogP contribution in [0.3, 0.4) is 0 Å². The zero-order valence-electron chi connectivity index (χ0n) is 25.1. The van der Waals surface area contributed by atoms with Crippen molar-refractivity contribution in [1.82, 2.24) is 0 Å². The highest BCUT2D eigenvalue weighted by Crippen LogP contribution is 2.56. The van der Waals surface area contributed by atoms with E-state index >= 15 is 0 Å².